The van der Waals surface area contributed by atoms with Gasteiger partial charge in [0.25, 0.3) is 5.91 Å². The fourth-order valence-electron chi connectivity index (χ4n) is 1.16. The summed E-state index contributed by atoms with van der Waals surface area (Å²) < 4.78 is 0. The maximum absolute atomic E-state index is 10.8. The zero-order valence-corrected chi connectivity index (χ0v) is 7.92. The van der Waals surface area contributed by atoms with E-state index in [0.29, 0.717) is 5.56 Å². The standard InChI is InChI=1S/C10H10N4O/c11-10(15)8-6-12-14(7-8)13-9-4-2-1-3-5-9/h1-7,13H,(H2,11,15). The van der Waals surface area contributed by atoms with E-state index < -0.39 is 5.91 Å². The summed E-state index contributed by atoms with van der Waals surface area (Å²) in [7, 11) is 0. The highest BCUT2D eigenvalue weighted by molar-refractivity contribution is 5.92. The number of nitrogens with one attached hydrogen (secondary N) is 1. The van der Waals surface area contributed by atoms with E-state index in [0.717, 1.165) is 5.69 Å². The lowest BCUT2D eigenvalue weighted by atomic mass is 10.3. The first-order valence-corrected chi connectivity index (χ1v) is 4.42. The van der Waals surface area contributed by atoms with Crippen molar-refractivity contribution in [3.8, 4) is 0 Å². The lowest BCUT2D eigenvalue weighted by Crippen LogP contribution is -2.11. The van der Waals surface area contributed by atoms with Crippen LogP contribution in [-0.4, -0.2) is 15.8 Å². The first kappa shape index (κ1) is 9.26. The molecule has 5 heteroatoms. The molecule has 0 fully saturated rings. The first-order chi connectivity index (χ1) is 7.25. The van der Waals surface area contributed by atoms with Crippen LogP contribution in [0.5, 0.6) is 0 Å². The number of aromatic nitrogens is 2. The van der Waals surface area contributed by atoms with Gasteiger partial charge in [0, 0.05) is 0 Å². The third kappa shape index (κ3) is 2.14. The van der Waals surface area contributed by atoms with Gasteiger partial charge >= 0.3 is 0 Å². The van der Waals surface area contributed by atoms with Gasteiger partial charge in [-0.25, -0.2) is 0 Å². The molecule has 5 nitrogen and oxygen atoms in total. The Morgan fingerprint density at radius 1 is 1.33 bits per heavy atom. The second kappa shape index (κ2) is 3.83. The van der Waals surface area contributed by atoms with Gasteiger partial charge in [0.1, 0.15) is 0 Å². The molecule has 2 aromatic rings. The van der Waals surface area contributed by atoms with Gasteiger partial charge in [-0.1, -0.05) is 18.2 Å². The molecule has 0 bridgehead atoms. The second-order valence-corrected chi connectivity index (χ2v) is 3.02. The number of hydrogen-bond donors (Lipinski definition) is 2. The normalized spacial score (nSPS) is 9.87. The Morgan fingerprint density at radius 2 is 2.07 bits per heavy atom. The molecule has 0 aliphatic rings. The molecule has 0 spiro atoms. The number of benzene rings is 1. The van der Waals surface area contributed by atoms with Crippen LogP contribution in [0.3, 0.4) is 0 Å². The Balaban J connectivity index is 2.15. The maximum atomic E-state index is 10.8. The third-order valence-electron chi connectivity index (χ3n) is 1.88. The topological polar surface area (TPSA) is 72.9 Å². The van der Waals surface area contributed by atoms with Gasteiger partial charge in [-0.05, 0) is 12.1 Å². The van der Waals surface area contributed by atoms with Crippen molar-refractivity contribution >= 4 is 11.6 Å². The number of carbonyl (C=O) groups is 1. The van der Waals surface area contributed by atoms with Crippen LogP contribution in [0.4, 0.5) is 5.69 Å². The predicted molar refractivity (Wildman–Crippen MR) is 56.2 cm³/mol. The Morgan fingerprint density at radius 3 is 2.67 bits per heavy atom. The summed E-state index contributed by atoms with van der Waals surface area (Å²) in [6.45, 7) is 0. The number of nitrogens with zero attached hydrogens (tertiary/aromatic N) is 2. The van der Waals surface area contributed by atoms with Crippen molar-refractivity contribution < 1.29 is 4.79 Å². The first-order valence-electron chi connectivity index (χ1n) is 4.42. The molecule has 1 heterocycles. The summed E-state index contributed by atoms with van der Waals surface area (Å²) in [5, 5.41) is 3.94. The molecule has 0 unspecified atom stereocenters. The average molecular weight is 202 g/mol. The number of carbonyl (C=O) groups excluding carboxylic acids is 1. The van der Waals surface area contributed by atoms with Gasteiger partial charge in [-0.3, -0.25) is 10.2 Å². The molecule has 0 aliphatic heterocycles. The molecule has 1 amide bonds. The van der Waals surface area contributed by atoms with Gasteiger partial charge in [-0.2, -0.15) is 9.89 Å². The molecule has 0 atom stereocenters. The SMILES string of the molecule is NC(=O)c1cnn(Nc2ccccc2)c1. The Bertz CT molecular complexity index is 463. The van der Waals surface area contributed by atoms with E-state index in [1.807, 2.05) is 30.3 Å². The summed E-state index contributed by atoms with van der Waals surface area (Å²) in [5.74, 6) is -0.490. The highest BCUT2D eigenvalue weighted by Gasteiger charge is 2.03. The number of amides is 1. The zero-order chi connectivity index (χ0) is 10.7. The minimum absolute atomic E-state index is 0.374. The highest BCUT2D eigenvalue weighted by atomic mass is 16.1. The molecule has 1 aromatic carbocycles. The predicted octanol–water partition coefficient (Wildman–Crippen LogP) is 0.857. The lowest BCUT2D eigenvalue weighted by molar-refractivity contribution is 0.100. The summed E-state index contributed by atoms with van der Waals surface area (Å²) >= 11 is 0. The smallest absolute Gasteiger partial charge is 0.251 e. The molecule has 15 heavy (non-hydrogen) atoms. The van der Waals surface area contributed by atoms with E-state index >= 15 is 0 Å². The Hall–Kier alpha value is -2.30. The number of primary amides is 1. The quantitative estimate of drug-likeness (QED) is 0.775. The van der Waals surface area contributed by atoms with E-state index in [9.17, 15) is 4.79 Å². The molecule has 76 valence electrons. The number of hydrogen-bond acceptors (Lipinski definition) is 3. The molecular formula is C10H10N4O. The van der Waals surface area contributed by atoms with Crippen molar-refractivity contribution in [3.05, 3.63) is 48.3 Å². The summed E-state index contributed by atoms with van der Waals surface area (Å²) in [4.78, 5) is 12.2. The highest BCUT2D eigenvalue weighted by Crippen LogP contribution is 2.05. The summed E-state index contributed by atoms with van der Waals surface area (Å²) in [5.41, 5.74) is 9.34. The number of nitrogens with two attached hydrogens (primary N) is 1. The fraction of sp³-hybridized carbons (Fsp3) is 0. The molecule has 1 aromatic heterocycles. The Kier molecular flexibility index (Phi) is 2.37. The van der Waals surface area contributed by atoms with Gasteiger partial charge in [0.2, 0.25) is 0 Å². The fourth-order valence-corrected chi connectivity index (χ4v) is 1.16. The number of anilines is 1. The second-order valence-electron chi connectivity index (χ2n) is 3.02. The third-order valence-corrected chi connectivity index (χ3v) is 1.88. The minimum Gasteiger partial charge on any atom is -0.365 e. The monoisotopic (exact) mass is 202 g/mol. The number of rotatable bonds is 3. The van der Waals surface area contributed by atoms with Crippen molar-refractivity contribution in [1.29, 1.82) is 0 Å². The van der Waals surface area contributed by atoms with E-state index in [-0.39, 0.29) is 0 Å². The average Bonchev–Trinajstić information content (AvgIpc) is 2.68. The Labute approximate surface area is 86.5 Å². The van der Waals surface area contributed by atoms with Gasteiger partial charge in [-0.15, -0.1) is 0 Å². The van der Waals surface area contributed by atoms with Crippen molar-refractivity contribution in [3.63, 3.8) is 0 Å². The van der Waals surface area contributed by atoms with Crippen LogP contribution in [0, 0.1) is 0 Å². The van der Waals surface area contributed by atoms with E-state index in [1.165, 1.54) is 17.2 Å². The largest absolute Gasteiger partial charge is 0.365 e. The van der Waals surface area contributed by atoms with Crippen LogP contribution in [0.2, 0.25) is 0 Å². The van der Waals surface area contributed by atoms with Gasteiger partial charge < -0.3 is 5.73 Å². The van der Waals surface area contributed by atoms with Crippen molar-refractivity contribution in [2.45, 2.75) is 0 Å². The molecule has 2 rings (SSSR count). The molecule has 0 aliphatic carbocycles. The van der Waals surface area contributed by atoms with E-state index in [1.54, 1.807) is 0 Å². The van der Waals surface area contributed by atoms with Crippen LogP contribution in [0.25, 0.3) is 0 Å². The van der Waals surface area contributed by atoms with E-state index in [4.69, 9.17) is 5.73 Å². The van der Waals surface area contributed by atoms with Crippen molar-refractivity contribution in [2.75, 3.05) is 5.43 Å². The lowest BCUT2D eigenvalue weighted by Gasteiger charge is -2.04. The van der Waals surface area contributed by atoms with Gasteiger partial charge in [0.05, 0.1) is 23.6 Å². The van der Waals surface area contributed by atoms with Crippen LogP contribution in [0.1, 0.15) is 10.4 Å². The summed E-state index contributed by atoms with van der Waals surface area (Å²) in [6, 6.07) is 9.52. The summed E-state index contributed by atoms with van der Waals surface area (Å²) in [6.07, 6.45) is 2.95. The molecule has 3 N–H and O–H groups in total. The molecule has 0 saturated heterocycles. The zero-order valence-electron chi connectivity index (χ0n) is 7.92. The molecule has 0 radical (unpaired) electrons. The molecule has 0 saturated carbocycles. The van der Waals surface area contributed by atoms with Crippen molar-refractivity contribution in [2.24, 2.45) is 5.73 Å². The van der Waals surface area contributed by atoms with Crippen molar-refractivity contribution in [1.82, 2.24) is 9.89 Å². The van der Waals surface area contributed by atoms with E-state index in [2.05, 4.69) is 10.5 Å². The minimum atomic E-state index is -0.490. The van der Waals surface area contributed by atoms with Crippen LogP contribution in [0.15, 0.2) is 42.7 Å². The van der Waals surface area contributed by atoms with Gasteiger partial charge in [0.15, 0.2) is 0 Å². The maximum Gasteiger partial charge on any atom is 0.251 e. The molecular weight excluding hydrogens is 192 g/mol. The van der Waals surface area contributed by atoms with Crippen LogP contribution in [-0.2, 0) is 0 Å². The van der Waals surface area contributed by atoms with Crippen LogP contribution >= 0.6 is 0 Å². The number of para-hydroxylation sites is 1. The van der Waals surface area contributed by atoms with Crippen LogP contribution < -0.4 is 11.2 Å².